The Bertz CT molecular complexity index is 916. The molecule has 0 amide bonds. The van der Waals surface area contributed by atoms with E-state index < -0.39 is 0 Å². The van der Waals surface area contributed by atoms with Gasteiger partial charge < -0.3 is 0 Å². The Morgan fingerprint density at radius 2 is 1.68 bits per heavy atom. The number of nitrogens with one attached hydrogen (secondary N) is 2. The van der Waals surface area contributed by atoms with E-state index in [-0.39, 0.29) is 11.6 Å². The summed E-state index contributed by atoms with van der Waals surface area (Å²) in [7, 11) is 0. The van der Waals surface area contributed by atoms with E-state index in [0.29, 0.717) is 12.2 Å². The van der Waals surface area contributed by atoms with Crippen molar-refractivity contribution in [3.8, 4) is 5.69 Å². The molecule has 0 saturated carbocycles. The second-order valence-corrected chi connectivity index (χ2v) is 5.66. The quantitative estimate of drug-likeness (QED) is 0.697. The Hall–Kier alpha value is -3.22. The van der Waals surface area contributed by atoms with Gasteiger partial charge in [-0.25, -0.2) is 9.36 Å². The molecule has 2 aromatic heterocycles. The van der Waals surface area contributed by atoms with Gasteiger partial charge in [0, 0.05) is 18.8 Å². The smallest absolute Gasteiger partial charge is 0.298 e. The molecule has 1 aromatic carbocycles. The van der Waals surface area contributed by atoms with Crippen LogP contribution in [0.2, 0.25) is 0 Å². The Balaban J connectivity index is 1.98. The minimum atomic E-state index is -0.358. The number of aryl methyl sites for hydroxylation is 3. The van der Waals surface area contributed by atoms with Gasteiger partial charge in [-0.15, -0.1) is 0 Å². The number of para-hydroxylation sites is 1. The molecular formula is C18H20N6O. The highest BCUT2D eigenvalue weighted by molar-refractivity contribution is 5.49. The van der Waals surface area contributed by atoms with Gasteiger partial charge >= 0.3 is 5.69 Å². The van der Waals surface area contributed by atoms with Gasteiger partial charge in [0.2, 0.25) is 5.95 Å². The molecule has 0 aliphatic heterocycles. The van der Waals surface area contributed by atoms with Crippen LogP contribution in [0.5, 0.6) is 0 Å². The summed E-state index contributed by atoms with van der Waals surface area (Å²) in [4.78, 5) is 25.2. The molecule has 2 heterocycles. The van der Waals surface area contributed by atoms with Crippen molar-refractivity contribution in [1.29, 1.82) is 0 Å². The van der Waals surface area contributed by atoms with Gasteiger partial charge in [-0.2, -0.15) is 9.97 Å². The van der Waals surface area contributed by atoms with Crippen LogP contribution >= 0.6 is 0 Å². The average molecular weight is 336 g/mol. The fourth-order valence-corrected chi connectivity index (χ4v) is 2.69. The fraction of sp³-hybridized carbons (Fsp3) is 0.222. The Morgan fingerprint density at radius 3 is 2.32 bits per heavy atom. The summed E-state index contributed by atoms with van der Waals surface area (Å²) < 4.78 is 1.59. The van der Waals surface area contributed by atoms with Gasteiger partial charge in [-0.1, -0.05) is 25.1 Å². The third-order valence-electron chi connectivity index (χ3n) is 3.86. The first-order valence-electron chi connectivity index (χ1n) is 8.08. The first kappa shape index (κ1) is 16.6. The molecule has 0 spiro atoms. The van der Waals surface area contributed by atoms with Gasteiger partial charge in [-0.3, -0.25) is 15.8 Å². The normalized spacial score (nSPS) is 10.5. The monoisotopic (exact) mass is 336 g/mol. The van der Waals surface area contributed by atoms with Gasteiger partial charge in [0.15, 0.2) is 0 Å². The van der Waals surface area contributed by atoms with Gasteiger partial charge in [0.05, 0.1) is 11.4 Å². The predicted octanol–water partition coefficient (Wildman–Crippen LogP) is 2.64. The molecule has 0 aliphatic rings. The Morgan fingerprint density at radius 1 is 1.00 bits per heavy atom. The van der Waals surface area contributed by atoms with Crippen LogP contribution in [0.3, 0.4) is 0 Å². The Kier molecular flexibility index (Phi) is 4.74. The van der Waals surface area contributed by atoms with Crippen LogP contribution in [0.4, 0.5) is 11.6 Å². The summed E-state index contributed by atoms with van der Waals surface area (Å²) in [5, 5.41) is 0. The molecular weight excluding hydrogens is 316 g/mol. The topological polar surface area (TPSA) is 84.7 Å². The molecule has 0 atom stereocenters. The van der Waals surface area contributed by atoms with E-state index in [4.69, 9.17) is 0 Å². The number of hydrogen-bond donors (Lipinski definition) is 2. The minimum absolute atomic E-state index is 0.237. The van der Waals surface area contributed by atoms with Crippen molar-refractivity contribution in [3.63, 3.8) is 0 Å². The predicted molar refractivity (Wildman–Crippen MR) is 98.0 cm³/mol. The highest BCUT2D eigenvalue weighted by atomic mass is 16.1. The van der Waals surface area contributed by atoms with E-state index in [1.807, 2.05) is 39.0 Å². The van der Waals surface area contributed by atoms with E-state index in [9.17, 15) is 4.79 Å². The highest BCUT2D eigenvalue weighted by Gasteiger charge is 2.14. The fourth-order valence-electron chi connectivity index (χ4n) is 2.69. The van der Waals surface area contributed by atoms with E-state index in [1.165, 1.54) is 0 Å². The second kappa shape index (κ2) is 7.12. The molecule has 7 heteroatoms. The van der Waals surface area contributed by atoms with Crippen molar-refractivity contribution in [2.45, 2.75) is 27.2 Å². The first-order valence-corrected chi connectivity index (χ1v) is 8.08. The molecule has 0 radical (unpaired) electrons. The number of aromatic nitrogens is 4. The van der Waals surface area contributed by atoms with Crippen molar-refractivity contribution in [1.82, 2.24) is 19.5 Å². The van der Waals surface area contributed by atoms with E-state index in [0.717, 1.165) is 22.5 Å². The molecule has 3 aromatic rings. The molecule has 128 valence electrons. The molecule has 0 aliphatic carbocycles. The van der Waals surface area contributed by atoms with Crippen molar-refractivity contribution >= 4 is 11.6 Å². The summed E-state index contributed by atoms with van der Waals surface area (Å²) >= 11 is 0. The molecule has 7 nitrogen and oxygen atoms in total. The molecule has 0 bridgehead atoms. The lowest BCUT2D eigenvalue weighted by Crippen LogP contribution is -2.29. The van der Waals surface area contributed by atoms with E-state index in [2.05, 4.69) is 25.8 Å². The van der Waals surface area contributed by atoms with Crippen LogP contribution in [0, 0.1) is 13.8 Å². The zero-order valence-electron chi connectivity index (χ0n) is 14.4. The number of hydrazine groups is 1. The number of benzene rings is 1. The maximum atomic E-state index is 12.7. The summed E-state index contributed by atoms with van der Waals surface area (Å²) in [6.07, 6.45) is 3.94. The second-order valence-electron chi connectivity index (χ2n) is 5.66. The SMILES string of the molecule is CCc1nc(NNc2ccncc2)nc(=O)n1-c1c(C)cccc1C. The van der Waals surface area contributed by atoms with Crippen LogP contribution in [-0.2, 0) is 6.42 Å². The minimum Gasteiger partial charge on any atom is -0.298 e. The first-order chi connectivity index (χ1) is 12.1. The highest BCUT2D eigenvalue weighted by Crippen LogP contribution is 2.18. The van der Waals surface area contributed by atoms with E-state index in [1.54, 1.807) is 29.1 Å². The number of anilines is 2. The van der Waals surface area contributed by atoms with Crippen molar-refractivity contribution in [3.05, 3.63) is 70.2 Å². The molecule has 0 unspecified atom stereocenters. The molecule has 0 saturated heterocycles. The van der Waals surface area contributed by atoms with Gasteiger partial charge in [0.25, 0.3) is 0 Å². The summed E-state index contributed by atoms with van der Waals surface area (Å²) in [6.45, 7) is 5.92. The van der Waals surface area contributed by atoms with Crippen LogP contribution in [0.1, 0.15) is 23.9 Å². The third-order valence-corrected chi connectivity index (χ3v) is 3.86. The number of rotatable bonds is 5. The van der Waals surface area contributed by atoms with E-state index >= 15 is 0 Å². The van der Waals surface area contributed by atoms with Crippen LogP contribution in [-0.4, -0.2) is 19.5 Å². The number of pyridine rings is 1. The van der Waals surface area contributed by atoms with Crippen LogP contribution in [0.25, 0.3) is 5.69 Å². The average Bonchev–Trinajstić information content (AvgIpc) is 2.62. The largest absolute Gasteiger partial charge is 0.356 e. The summed E-state index contributed by atoms with van der Waals surface area (Å²) in [5.74, 6) is 0.887. The van der Waals surface area contributed by atoms with Gasteiger partial charge in [0.1, 0.15) is 5.82 Å². The van der Waals surface area contributed by atoms with Crippen molar-refractivity contribution in [2.75, 3.05) is 10.9 Å². The maximum absolute atomic E-state index is 12.7. The molecule has 25 heavy (non-hydrogen) atoms. The number of nitrogens with zero attached hydrogens (tertiary/aromatic N) is 4. The van der Waals surface area contributed by atoms with Crippen molar-refractivity contribution < 1.29 is 0 Å². The zero-order chi connectivity index (χ0) is 17.8. The lowest BCUT2D eigenvalue weighted by Gasteiger charge is -2.16. The van der Waals surface area contributed by atoms with Crippen LogP contribution in [0.15, 0.2) is 47.5 Å². The number of hydrogen-bond acceptors (Lipinski definition) is 6. The van der Waals surface area contributed by atoms with Crippen LogP contribution < -0.4 is 16.5 Å². The standard InChI is InChI=1S/C18H20N6O/c1-4-15-20-17(23-22-14-8-10-19-11-9-14)21-18(25)24(15)16-12(2)6-5-7-13(16)3/h5-11H,4H2,1-3H3,(H,19,22)(H,21,23,25). The Labute approximate surface area is 145 Å². The van der Waals surface area contributed by atoms with Gasteiger partial charge in [-0.05, 0) is 37.1 Å². The maximum Gasteiger partial charge on any atom is 0.356 e. The lowest BCUT2D eigenvalue weighted by molar-refractivity contribution is 0.765. The third kappa shape index (κ3) is 3.50. The van der Waals surface area contributed by atoms with Crippen molar-refractivity contribution in [2.24, 2.45) is 0 Å². The molecule has 2 N–H and O–H groups in total. The lowest BCUT2D eigenvalue weighted by atomic mass is 10.1. The molecule has 0 fully saturated rings. The zero-order valence-corrected chi connectivity index (χ0v) is 14.4. The summed E-state index contributed by atoms with van der Waals surface area (Å²) in [6, 6.07) is 9.52. The molecule has 3 rings (SSSR count). The summed E-state index contributed by atoms with van der Waals surface area (Å²) in [5.41, 5.74) is 9.14.